The van der Waals surface area contributed by atoms with Gasteiger partial charge in [0, 0.05) is 5.56 Å². The van der Waals surface area contributed by atoms with Crippen LogP contribution in [0.5, 0.6) is 11.5 Å². The van der Waals surface area contributed by atoms with Crippen molar-refractivity contribution >= 4 is 34.9 Å². The number of halogens is 1. The summed E-state index contributed by atoms with van der Waals surface area (Å²) in [6, 6.07) is 8.25. The van der Waals surface area contributed by atoms with Gasteiger partial charge in [-0.25, -0.2) is 10.3 Å². The standard InChI is InChI=1S/C36H52ClN5O7/c1-6-7-8-9-10-11-12-13-14-15-21-49-36(45)28-16-18-29(37)30(23-28)40-35(44)34(48-22-20-39-42-26(3)25(2)41-38)33(43)27-17-19-31(46-4)32(24-27)47-5/h16-19,23-26,34,38H,6-15,20-22H2,1-5H3,(H,40,44). The number of nitrogens with one attached hydrogen (secondary N) is 2. The molecule has 270 valence electrons. The van der Waals surface area contributed by atoms with Gasteiger partial charge in [-0.05, 0) is 56.7 Å². The van der Waals surface area contributed by atoms with Crippen LogP contribution in [0, 0.1) is 5.53 Å². The maximum atomic E-state index is 13.6. The molecule has 12 nitrogen and oxygen atoms in total. The number of azo groups is 1. The molecular weight excluding hydrogens is 650 g/mol. The number of Topliss-reactive ketones (excluding diaryl/α,β-unsaturated/α-hetero) is 1. The SMILES string of the molecule is CCCCCCCCCCCCOC(=O)c1ccc(Cl)c(NC(=O)C(OCCN=NC(C)C(C)N=N)C(=O)c2ccc(OC)c(OC)c2)c1. The van der Waals surface area contributed by atoms with Crippen molar-refractivity contribution in [3.8, 4) is 11.5 Å². The Hall–Kier alpha value is -3.90. The van der Waals surface area contributed by atoms with Crippen LogP contribution in [0.4, 0.5) is 5.69 Å². The lowest BCUT2D eigenvalue weighted by Crippen LogP contribution is -2.38. The van der Waals surface area contributed by atoms with Gasteiger partial charge in [0.2, 0.25) is 5.78 Å². The number of carbonyl (C=O) groups is 3. The number of anilines is 1. The Morgan fingerprint density at radius 2 is 1.45 bits per heavy atom. The summed E-state index contributed by atoms with van der Waals surface area (Å²) in [5, 5.41) is 14.4. The molecule has 49 heavy (non-hydrogen) atoms. The van der Waals surface area contributed by atoms with E-state index in [4.69, 9.17) is 36.1 Å². The van der Waals surface area contributed by atoms with E-state index in [0.717, 1.165) is 19.3 Å². The second-order valence-corrected chi connectivity index (χ2v) is 12.2. The lowest BCUT2D eigenvalue weighted by Gasteiger charge is -2.18. The Kier molecular flexibility index (Phi) is 19.8. The second kappa shape index (κ2) is 23.5. The largest absolute Gasteiger partial charge is 0.493 e. The van der Waals surface area contributed by atoms with Crippen LogP contribution < -0.4 is 14.8 Å². The molecule has 0 aliphatic rings. The Labute approximate surface area is 295 Å². The van der Waals surface area contributed by atoms with Crippen LogP contribution in [-0.4, -0.2) is 69.8 Å². The highest BCUT2D eigenvalue weighted by Crippen LogP contribution is 2.29. The van der Waals surface area contributed by atoms with E-state index < -0.39 is 23.8 Å². The molecule has 0 saturated heterocycles. The van der Waals surface area contributed by atoms with Crippen LogP contribution >= 0.6 is 11.6 Å². The molecule has 3 unspecified atom stereocenters. The van der Waals surface area contributed by atoms with Gasteiger partial charge in [0.1, 0.15) is 0 Å². The van der Waals surface area contributed by atoms with Gasteiger partial charge >= 0.3 is 5.97 Å². The molecule has 2 N–H and O–H groups in total. The van der Waals surface area contributed by atoms with E-state index in [9.17, 15) is 14.4 Å². The van der Waals surface area contributed by atoms with Crippen molar-refractivity contribution in [2.45, 2.75) is 103 Å². The number of esters is 1. The highest BCUT2D eigenvalue weighted by Gasteiger charge is 2.30. The summed E-state index contributed by atoms with van der Waals surface area (Å²) >= 11 is 6.38. The average molecular weight is 702 g/mol. The minimum atomic E-state index is -1.60. The minimum Gasteiger partial charge on any atom is -0.493 e. The van der Waals surface area contributed by atoms with Crippen molar-refractivity contribution in [2.75, 3.05) is 39.3 Å². The zero-order valence-electron chi connectivity index (χ0n) is 29.5. The monoisotopic (exact) mass is 701 g/mol. The topological polar surface area (TPSA) is 161 Å². The average Bonchev–Trinajstić information content (AvgIpc) is 3.11. The molecule has 2 rings (SSSR count). The number of methoxy groups -OCH3 is 2. The molecule has 0 heterocycles. The fourth-order valence-electron chi connectivity index (χ4n) is 4.80. The number of hydrogen-bond acceptors (Lipinski definition) is 11. The summed E-state index contributed by atoms with van der Waals surface area (Å²) in [5.41, 5.74) is 7.61. The molecule has 2 aromatic carbocycles. The van der Waals surface area contributed by atoms with E-state index in [1.807, 2.05) is 0 Å². The minimum absolute atomic E-state index is 0.0547. The van der Waals surface area contributed by atoms with Gasteiger partial charge in [-0.3, -0.25) is 9.59 Å². The number of benzene rings is 2. The Balaban J connectivity index is 2.06. The van der Waals surface area contributed by atoms with Gasteiger partial charge in [-0.1, -0.05) is 76.3 Å². The molecule has 0 saturated carbocycles. The first kappa shape index (κ1) is 41.3. The van der Waals surface area contributed by atoms with Crippen molar-refractivity contribution in [1.82, 2.24) is 0 Å². The number of ketones is 1. The summed E-state index contributed by atoms with van der Waals surface area (Å²) < 4.78 is 21.8. The van der Waals surface area contributed by atoms with Crippen molar-refractivity contribution < 1.29 is 33.3 Å². The summed E-state index contributed by atoms with van der Waals surface area (Å²) in [4.78, 5) is 40.0. The van der Waals surface area contributed by atoms with Crippen molar-refractivity contribution in [2.24, 2.45) is 15.3 Å². The highest BCUT2D eigenvalue weighted by atomic mass is 35.5. The molecule has 1 amide bonds. The van der Waals surface area contributed by atoms with Crippen LogP contribution in [0.2, 0.25) is 5.02 Å². The van der Waals surface area contributed by atoms with Gasteiger partial charge < -0.3 is 24.3 Å². The molecule has 0 bridgehead atoms. The summed E-state index contributed by atoms with van der Waals surface area (Å²) in [6.45, 7) is 5.97. The van der Waals surface area contributed by atoms with E-state index >= 15 is 0 Å². The third kappa shape index (κ3) is 14.6. The smallest absolute Gasteiger partial charge is 0.338 e. The van der Waals surface area contributed by atoms with Gasteiger partial charge in [0.25, 0.3) is 5.91 Å². The molecule has 0 aliphatic heterocycles. The summed E-state index contributed by atoms with van der Waals surface area (Å²) in [5.74, 6) is -1.27. The number of nitrogens with zero attached hydrogens (tertiary/aromatic N) is 3. The Morgan fingerprint density at radius 1 is 0.816 bits per heavy atom. The summed E-state index contributed by atoms with van der Waals surface area (Å²) in [7, 11) is 2.91. The number of hydrogen-bond donors (Lipinski definition) is 2. The normalized spacial score (nSPS) is 13.0. The number of rotatable bonds is 25. The van der Waals surface area contributed by atoms with Gasteiger partial charge in [-0.2, -0.15) is 15.3 Å². The lowest BCUT2D eigenvalue weighted by atomic mass is 10.0. The third-order valence-corrected chi connectivity index (χ3v) is 8.31. The van der Waals surface area contributed by atoms with Crippen LogP contribution in [0.25, 0.3) is 0 Å². The number of amides is 1. The van der Waals surface area contributed by atoms with Gasteiger partial charge in [0.15, 0.2) is 17.6 Å². The maximum absolute atomic E-state index is 13.6. The molecule has 2 aromatic rings. The predicted molar refractivity (Wildman–Crippen MR) is 190 cm³/mol. The zero-order valence-corrected chi connectivity index (χ0v) is 30.2. The first-order valence-electron chi connectivity index (χ1n) is 17.0. The zero-order chi connectivity index (χ0) is 36.0. The molecule has 0 aromatic heterocycles. The molecule has 13 heteroatoms. The first-order valence-corrected chi connectivity index (χ1v) is 17.4. The van der Waals surface area contributed by atoms with Crippen LogP contribution in [0.1, 0.15) is 106 Å². The Bertz CT molecular complexity index is 1370. The fraction of sp³-hybridized carbons (Fsp3) is 0.583. The molecule has 3 atom stereocenters. The molecule has 0 spiro atoms. The quantitative estimate of drug-likeness (QED) is 0.0343. The van der Waals surface area contributed by atoms with Crippen LogP contribution in [-0.2, 0) is 14.3 Å². The van der Waals surface area contributed by atoms with Crippen molar-refractivity contribution in [3.63, 3.8) is 0 Å². The van der Waals surface area contributed by atoms with E-state index in [1.54, 1.807) is 19.9 Å². The number of carbonyl (C=O) groups excluding carboxylic acids is 3. The molecule has 0 fully saturated rings. The highest BCUT2D eigenvalue weighted by molar-refractivity contribution is 6.34. The summed E-state index contributed by atoms with van der Waals surface area (Å²) in [6.07, 6.45) is 10.1. The predicted octanol–water partition coefficient (Wildman–Crippen LogP) is 8.90. The van der Waals surface area contributed by atoms with Crippen molar-refractivity contribution in [1.29, 1.82) is 5.53 Å². The van der Waals surface area contributed by atoms with Crippen LogP contribution in [0.3, 0.4) is 0 Å². The Morgan fingerprint density at radius 3 is 2.08 bits per heavy atom. The van der Waals surface area contributed by atoms with E-state index in [0.29, 0.717) is 18.1 Å². The molecule has 0 aliphatic carbocycles. The van der Waals surface area contributed by atoms with E-state index in [1.165, 1.54) is 89.5 Å². The number of ether oxygens (including phenoxy) is 4. The van der Waals surface area contributed by atoms with Gasteiger partial charge in [-0.15, -0.1) is 0 Å². The van der Waals surface area contributed by atoms with E-state index in [2.05, 4.69) is 27.6 Å². The second-order valence-electron chi connectivity index (χ2n) is 11.8. The molecule has 0 radical (unpaired) electrons. The third-order valence-electron chi connectivity index (χ3n) is 7.98. The van der Waals surface area contributed by atoms with E-state index in [-0.39, 0.29) is 47.1 Å². The maximum Gasteiger partial charge on any atom is 0.338 e. The van der Waals surface area contributed by atoms with Gasteiger partial charge in [0.05, 0.1) is 62.3 Å². The fourth-order valence-corrected chi connectivity index (χ4v) is 4.96. The van der Waals surface area contributed by atoms with Crippen LogP contribution in [0.15, 0.2) is 51.7 Å². The lowest BCUT2D eigenvalue weighted by molar-refractivity contribution is -0.124. The first-order chi connectivity index (χ1) is 23.7. The van der Waals surface area contributed by atoms with Crippen molar-refractivity contribution in [3.05, 3.63) is 52.5 Å². The number of unbranched alkanes of at least 4 members (excludes halogenated alkanes) is 9. The molecular formula is C36H52ClN5O7.